The molecule has 4 N–H and O–H groups in total. The van der Waals surface area contributed by atoms with Gasteiger partial charge in [0.25, 0.3) is 11.8 Å². The van der Waals surface area contributed by atoms with Crippen molar-refractivity contribution in [1.82, 2.24) is 15.4 Å². The summed E-state index contributed by atoms with van der Waals surface area (Å²) >= 11 is 1.12. The highest BCUT2D eigenvalue weighted by Crippen LogP contribution is 2.20. The molecule has 1 saturated heterocycles. The van der Waals surface area contributed by atoms with Gasteiger partial charge in [0.05, 0.1) is 6.04 Å². The van der Waals surface area contributed by atoms with Crippen molar-refractivity contribution < 1.29 is 29.2 Å². The summed E-state index contributed by atoms with van der Waals surface area (Å²) < 4.78 is 0. The highest BCUT2D eigenvalue weighted by molar-refractivity contribution is 7.13. The summed E-state index contributed by atoms with van der Waals surface area (Å²) in [7, 11) is 1.27. The van der Waals surface area contributed by atoms with E-state index in [9.17, 15) is 14.4 Å². The van der Waals surface area contributed by atoms with Gasteiger partial charge in [-0.05, 0) is 6.92 Å². The molecule has 2 rings (SSSR count). The molecular formula is C12H15N5O6S. The standard InChI is InChI=1S/C12H15N5O6S/c1-5-8(11(21)17(5)23-3-7(18)19)15-10(20)9(16-22-2)6-4-24-12(13)14-6/h4-5,8H,3H2,1-2H3,(H2,13,14)(H,15,20)(H,18,19)/b16-9+/t5-,8?/m0/s1. The number of aliphatic carboxylic acids is 1. The lowest BCUT2D eigenvalue weighted by molar-refractivity contribution is -0.233. The van der Waals surface area contributed by atoms with Crippen LogP contribution in [0.2, 0.25) is 0 Å². The van der Waals surface area contributed by atoms with Crippen molar-refractivity contribution in [3.05, 3.63) is 11.1 Å². The monoisotopic (exact) mass is 357 g/mol. The van der Waals surface area contributed by atoms with E-state index >= 15 is 0 Å². The fraction of sp³-hybridized carbons (Fsp3) is 0.417. The highest BCUT2D eigenvalue weighted by atomic mass is 32.1. The van der Waals surface area contributed by atoms with Crippen LogP contribution in [-0.4, -0.2) is 64.4 Å². The van der Waals surface area contributed by atoms with Gasteiger partial charge in [-0.3, -0.25) is 14.4 Å². The smallest absolute Gasteiger partial charge is 0.332 e. The van der Waals surface area contributed by atoms with Crippen LogP contribution in [0.5, 0.6) is 0 Å². The Labute approximate surface area is 140 Å². The normalized spacial score (nSPS) is 20.5. The largest absolute Gasteiger partial charge is 0.479 e. The minimum Gasteiger partial charge on any atom is -0.479 e. The lowest BCUT2D eigenvalue weighted by atomic mass is 10.00. The molecule has 1 aliphatic rings. The Morgan fingerprint density at radius 1 is 1.58 bits per heavy atom. The number of carbonyl (C=O) groups excluding carboxylic acids is 2. The molecule has 1 aromatic rings. The molecule has 2 atom stereocenters. The van der Waals surface area contributed by atoms with E-state index in [0.29, 0.717) is 0 Å². The van der Waals surface area contributed by atoms with Crippen LogP contribution in [0.4, 0.5) is 5.13 Å². The summed E-state index contributed by atoms with van der Waals surface area (Å²) in [5.41, 5.74) is 5.61. The van der Waals surface area contributed by atoms with E-state index in [4.69, 9.17) is 15.7 Å². The maximum atomic E-state index is 12.3. The van der Waals surface area contributed by atoms with E-state index in [2.05, 4.69) is 20.3 Å². The van der Waals surface area contributed by atoms with Crippen LogP contribution in [0.1, 0.15) is 12.6 Å². The molecule has 12 heteroatoms. The van der Waals surface area contributed by atoms with Gasteiger partial charge in [0.15, 0.2) is 17.5 Å². The van der Waals surface area contributed by atoms with E-state index in [1.165, 1.54) is 12.5 Å². The molecule has 0 bridgehead atoms. The third kappa shape index (κ3) is 3.60. The maximum Gasteiger partial charge on any atom is 0.332 e. The quantitative estimate of drug-likeness (QED) is 0.312. The molecule has 0 aromatic carbocycles. The number of β-lactam (4-membered cyclic amide) rings is 1. The minimum atomic E-state index is -1.21. The number of oxime groups is 1. The zero-order valence-electron chi connectivity index (χ0n) is 12.8. The average molecular weight is 357 g/mol. The van der Waals surface area contributed by atoms with E-state index in [-0.39, 0.29) is 16.5 Å². The second kappa shape index (κ2) is 7.23. The SMILES string of the molecule is CO/N=C(/C(=O)NC1C(=O)N(OCC(=O)O)[C@H]1C)c1csc(N)n1. The number of carboxylic acids is 1. The zero-order valence-corrected chi connectivity index (χ0v) is 13.6. The highest BCUT2D eigenvalue weighted by Gasteiger charge is 2.47. The topological polar surface area (TPSA) is 156 Å². The number of carboxylic acid groups (broad SMARTS) is 1. The molecular weight excluding hydrogens is 342 g/mol. The predicted molar refractivity (Wildman–Crippen MR) is 81.9 cm³/mol. The van der Waals surface area contributed by atoms with Gasteiger partial charge >= 0.3 is 5.97 Å². The van der Waals surface area contributed by atoms with Crippen LogP contribution in [-0.2, 0) is 24.1 Å². The van der Waals surface area contributed by atoms with Crippen LogP contribution in [0.15, 0.2) is 10.5 Å². The first-order valence-electron chi connectivity index (χ1n) is 6.66. The number of amides is 2. The summed E-state index contributed by atoms with van der Waals surface area (Å²) in [6, 6.07) is -1.41. The summed E-state index contributed by atoms with van der Waals surface area (Å²) in [4.78, 5) is 48.1. The van der Waals surface area contributed by atoms with Gasteiger partial charge < -0.3 is 21.0 Å². The van der Waals surface area contributed by atoms with Gasteiger partial charge in [0.2, 0.25) is 0 Å². The molecule has 0 radical (unpaired) electrons. The molecule has 130 valence electrons. The Bertz CT molecular complexity index is 689. The molecule has 0 saturated carbocycles. The van der Waals surface area contributed by atoms with Crippen LogP contribution in [0.25, 0.3) is 0 Å². The Morgan fingerprint density at radius 3 is 2.79 bits per heavy atom. The van der Waals surface area contributed by atoms with Gasteiger partial charge in [-0.25, -0.2) is 14.8 Å². The summed E-state index contributed by atoms with van der Waals surface area (Å²) in [5.74, 6) is -2.45. The number of thiazole rings is 1. The minimum absolute atomic E-state index is 0.129. The Balaban J connectivity index is 2.02. The van der Waals surface area contributed by atoms with Crippen LogP contribution < -0.4 is 11.1 Å². The van der Waals surface area contributed by atoms with E-state index in [1.807, 2.05) is 0 Å². The van der Waals surface area contributed by atoms with Crippen LogP contribution in [0, 0.1) is 0 Å². The van der Waals surface area contributed by atoms with Crippen molar-refractivity contribution in [2.45, 2.75) is 19.0 Å². The van der Waals surface area contributed by atoms with Crippen molar-refractivity contribution in [2.75, 3.05) is 19.5 Å². The predicted octanol–water partition coefficient (Wildman–Crippen LogP) is -1.19. The summed E-state index contributed by atoms with van der Waals surface area (Å²) in [6.07, 6.45) is 0. The van der Waals surface area contributed by atoms with Gasteiger partial charge in [0, 0.05) is 5.38 Å². The molecule has 2 amide bonds. The summed E-state index contributed by atoms with van der Waals surface area (Å²) in [5, 5.41) is 17.3. The molecule has 2 heterocycles. The number of rotatable bonds is 7. The number of nitrogens with two attached hydrogens (primary N) is 1. The van der Waals surface area contributed by atoms with Crippen molar-refractivity contribution >= 4 is 40.0 Å². The summed E-state index contributed by atoms with van der Waals surface area (Å²) in [6.45, 7) is 0.952. The van der Waals surface area contributed by atoms with Gasteiger partial charge in [-0.15, -0.1) is 11.3 Å². The third-order valence-corrected chi connectivity index (χ3v) is 3.79. The van der Waals surface area contributed by atoms with E-state index in [0.717, 1.165) is 16.4 Å². The molecule has 1 aromatic heterocycles. The lowest BCUT2D eigenvalue weighted by Gasteiger charge is -2.43. The lowest BCUT2D eigenvalue weighted by Crippen LogP contribution is -2.70. The molecule has 0 spiro atoms. The number of carbonyl (C=O) groups is 3. The molecule has 24 heavy (non-hydrogen) atoms. The number of nitrogen functional groups attached to an aromatic ring is 1. The van der Waals surface area contributed by atoms with Gasteiger partial charge in [-0.2, -0.15) is 0 Å². The van der Waals surface area contributed by atoms with Gasteiger partial charge in [-0.1, -0.05) is 5.16 Å². The molecule has 0 aliphatic carbocycles. The number of hydrogen-bond acceptors (Lipinski definition) is 9. The van der Waals surface area contributed by atoms with Crippen LogP contribution in [0.3, 0.4) is 0 Å². The second-order valence-corrected chi connectivity index (χ2v) is 5.61. The van der Waals surface area contributed by atoms with Crippen molar-refractivity contribution in [3.63, 3.8) is 0 Å². The first kappa shape index (κ1) is 17.6. The average Bonchev–Trinajstić information content (AvgIpc) is 2.96. The second-order valence-electron chi connectivity index (χ2n) is 4.72. The van der Waals surface area contributed by atoms with Crippen molar-refractivity contribution in [1.29, 1.82) is 0 Å². The Morgan fingerprint density at radius 2 is 2.29 bits per heavy atom. The maximum absolute atomic E-state index is 12.3. The molecule has 1 unspecified atom stereocenters. The van der Waals surface area contributed by atoms with Gasteiger partial charge in [0.1, 0.15) is 18.8 Å². The fourth-order valence-corrected chi connectivity index (χ4v) is 2.54. The number of hydrogen-bond donors (Lipinski definition) is 3. The number of nitrogens with zero attached hydrogens (tertiary/aromatic N) is 3. The Kier molecular flexibility index (Phi) is 5.31. The van der Waals surface area contributed by atoms with Crippen molar-refractivity contribution in [3.8, 4) is 0 Å². The first-order valence-corrected chi connectivity index (χ1v) is 7.54. The zero-order chi connectivity index (χ0) is 17.9. The van der Waals surface area contributed by atoms with Crippen LogP contribution >= 0.6 is 11.3 Å². The molecule has 11 nitrogen and oxygen atoms in total. The first-order chi connectivity index (χ1) is 11.3. The fourth-order valence-electron chi connectivity index (χ4n) is 1.99. The Hall–Kier alpha value is -2.73. The molecule has 1 fully saturated rings. The van der Waals surface area contributed by atoms with E-state index < -0.39 is 36.5 Å². The number of hydroxylamine groups is 2. The van der Waals surface area contributed by atoms with Crippen molar-refractivity contribution in [2.24, 2.45) is 5.16 Å². The number of anilines is 1. The number of nitrogens with one attached hydrogen (secondary N) is 1. The number of aromatic nitrogens is 1. The van der Waals surface area contributed by atoms with E-state index in [1.54, 1.807) is 6.92 Å². The third-order valence-electron chi connectivity index (χ3n) is 3.11. The molecule has 1 aliphatic heterocycles.